The van der Waals surface area contributed by atoms with Crippen LogP contribution in [0.25, 0.3) is 0 Å². The molecule has 0 saturated heterocycles. The maximum atomic E-state index is 11.6. The van der Waals surface area contributed by atoms with E-state index < -0.39 is 30.7 Å². The van der Waals surface area contributed by atoms with Crippen molar-refractivity contribution in [1.29, 1.82) is 0 Å². The second-order valence-corrected chi connectivity index (χ2v) is 10.2. The summed E-state index contributed by atoms with van der Waals surface area (Å²) < 4.78 is 36.9. The van der Waals surface area contributed by atoms with Gasteiger partial charge in [-0.15, -0.1) is 0 Å². The molecule has 0 amide bonds. The first kappa shape index (κ1) is 32.5. The second-order valence-electron chi connectivity index (χ2n) is 10.2. The Labute approximate surface area is 254 Å². The molecule has 0 spiro atoms. The Morgan fingerprint density at radius 1 is 0.465 bits per heavy atom. The zero-order valence-corrected chi connectivity index (χ0v) is 24.9. The maximum absolute atomic E-state index is 11.6. The van der Waals surface area contributed by atoms with E-state index in [2.05, 4.69) is 0 Å². The third-order valence-electron chi connectivity index (χ3n) is 7.02. The van der Waals surface area contributed by atoms with Gasteiger partial charge in [-0.25, -0.2) is 0 Å². The molecule has 0 aliphatic heterocycles. The molecular weight excluding hydrogens is 544 g/mol. The van der Waals surface area contributed by atoms with Crippen LogP contribution >= 0.6 is 0 Å². The summed E-state index contributed by atoms with van der Waals surface area (Å²) in [4.78, 5) is 0. The van der Waals surface area contributed by atoms with Crippen LogP contribution in [-0.4, -0.2) is 56.6 Å². The van der Waals surface area contributed by atoms with Gasteiger partial charge < -0.3 is 33.5 Å². The number of aliphatic hydroxyl groups excluding tert-OH is 1. The molecule has 0 aliphatic rings. The Morgan fingerprint density at radius 2 is 0.814 bits per heavy atom. The summed E-state index contributed by atoms with van der Waals surface area (Å²) in [5.74, 6) is 0. The summed E-state index contributed by atoms with van der Waals surface area (Å²) in [7, 11) is 3.11. The number of benzene rings is 4. The fourth-order valence-electron chi connectivity index (χ4n) is 4.76. The molecule has 4 atom stereocenters. The number of hydrogen-bond donors (Lipinski definition) is 1. The van der Waals surface area contributed by atoms with Crippen molar-refractivity contribution >= 4 is 0 Å². The van der Waals surface area contributed by atoms with Gasteiger partial charge in [0.2, 0.25) is 0 Å². The molecule has 0 aromatic heterocycles. The first-order chi connectivity index (χ1) is 21.2. The Kier molecular flexibility index (Phi) is 13.8. The van der Waals surface area contributed by atoms with Crippen LogP contribution in [0.15, 0.2) is 121 Å². The van der Waals surface area contributed by atoms with Crippen molar-refractivity contribution < 1.29 is 33.5 Å². The smallest absolute Gasteiger partial charge is 0.185 e. The molecule has 4 aromatic carbocycles. The number of aliphatic hydroxyl groups is 1. The van der Waals surface area contributed by atoms with Gasteiger partial charge in [0.15, 0.2) is 6.29 Å². The molecule has 4 rings (SSSR count). The normalized spacial score (nSPS) is 14.3. The molecule has 4 aromatic rings. The first-order valence-electron chi connectivity index (χ1n) is 14.5. The van der Waals surface area contributed by atoms with E-state index in [1.807, 2.05) is 121 Å². The highest BCUT2D eigenvalue weighted by molar-refractivity contribution is 5.16. The van der Waals surface area contributed by atoms with E-state index in [1.54, 1.807) is 14.2 Å². The Hall–Kier alpha value is -3.40. The lowest BCUT2D eigenvalue weighted by molar-refractivity contribution is -0.252. The molecule has 1 N–H and O–H groups in total. The predicted octanol–water partition coefficient (Wildman–Crippen LogP) is 5.94. The molecule has 0 saturated carbocycles. The van der Waals surface area contributed by atoms with Crippen molar-refractivity contribution in [3.63, 3.8) is 0 Å². The minimum absolute atomic E-state index is 0.0234. The minimum Gasteiger partial charge on any atom is -0.388 e. The van der Waals surface area contributed by atoms with Crippen molar-refractivity contribution in [2.24, 2.45) is 0 Å². The van der Waals surface area contributed by atoms with E-state index in [4.69, 9.17) is 28.4 Å². The van der Waals surface area contributed by atoms with Crippen molar-refractivity contribution in [2.75, 3.05) is 20.8 Å². The van der Waals surface area contributed by atoms with Crippen LogP contribution in [0.2, 0.25) is 0 Å². The van der Waals surface area contributed by atoms with Crippen LogP contribution in [0.3, 0.4) is 0 Å². The summed E-state index contributed by atoms with van der Waals surface area (Å²) in [5, 5.41) is 11.6. The summed E-state index contributed by atoms with van der Waals surface area (Å²) in [6.45, 7) is 1.18. The van der Waals surface area contributed by atoms with Crippen molar-refractivity contribution in [2.45, 2.75) is 57.1 Å². The standard InChI is InChI=1S/C36H42O7/c1-38-36(39-2)35(43-26-31-21-13-6-14-22-31)34(42-25-30-19-11-5-12-20-30)33(41-24-29-17-9-4-10-18-29)32(37)27-40-23-28-15-7-3-8-16-28/h3-22,32-37H,23-27H2,1-2H3/t32-,33-,34-,35+/m0/s1. The zero-order valence-electron chi connectivity index (χ0n) is 24.9. The third kappa shape index (κ3) is 10.7. The van der Waals surface area contributed by atoms with Gasteiger partial charge in [-0.2, -0.15) is 0 Å². The van der Waals surface area contributed by atoms with Crippen LogP contribution in [0, 0.1) is 0 Å². The molecule has 43 heavy (non-hydrogen) atoms. The summed E-state index contributed by atoms with van der Waals surface area (Å²) in [5.41, 5.74) is 3.92. The van der Waals surface area contributed by atoms with E-state index in [0.717, 1.165) is 22.3 Å². The van der Waals surface area contributed by atoms with Gasteiger partial charge in [-0.1, -0.05) is 121 Å². The van der Waals surface area contributed by atoms with Gasteiger partial charge in [0.1, 0.15) is 24.4 Å². The van der Waals surface area contributed by atoms with E-state index in [0.29, 0.717) is 6.61 Å². The van der Waals surface area contributed by atoms with E-state index in [-0.39, 0.29) is 26.4 Å². The highest BCUT2D eigenvalue weighted by Crippen LogP contribution is 2.25. The Balaban J connectivity index is 1.62. The molecular formula is C36H42O7. The van der Waals surface area contributed by atoms with Gasteiger partial charge in [0.25, 0.3) is 0 Å². The van der Waals surface area contributed by atoms with Crippen LogP contribution in [0.1, 0.15) is 22.3 Å². The Bertz CT molecular complexity index is 1250. The summed E-state index contributed by atoms with van der Waals surface area (Å²) >= 11 is 0. The Morgan fingerprint density at radius 3 is 1.21 bits per heavy atom. The van der Waals surface area contributed by atoms with Crippen LogP contribution in [-0.2, 0) is 54.8 Å². The molecule has 0 heterocycles. The molecule has 0 unspecified atom stereocenters. The van der Waals surface area contributed by atoms with Crippen LogP contribution in [0.4, 0.5) is 0 Å². The van der Waals surface area contributed by atoms with Gasteiger partial charge in [0.05, 0.1) is 33.0 Å². The third-order valence-corrected chi connectivity index (χ3v) is 7.02. The van der Waals surface area contributed by atoms with Crippen molar-refractivity contribution in [1.82, 2.24) is 0 Å². The zero-order chi connectivity index (χ0) is 30.1. The number of rotatable bonds is 19. The van der Waals surface area contributed by atoms with E-state index >= 15 is 0 Å². The average molecular weight is 587 g/mol. The molecule has 0 fully saturated rings. The summed E-state index contributed by atoms with van der Waals surface area (Å²) in [6.07, 6.45) is -4.26. The van der Waals surface area contributed by atoms with Gasteiger partial charge >= 0.3 is 0 Å². The van der Waals surface area contributed by atoms with Crippen LogP contribution in [0.5, 0.6) is 0 Å². The number of hydrogen-bond acceptors (Lipinski definition) is 7. The maximum Gasteiger partial charge on any atom is 0.185 e. The van der Waals surface area contributed by atoms with E-state index in [9.17, 15) is 5.11 Å². The van der Waals surface area contributed by atoms with E-state index in [1.165, 1.54) is 0 Å². The fraction of sp³-hybridized carbons (Fsp3) is 0.333. The number of ether oxygens (including phenoxy) is 6. The fourth-order valence-corrected chi connectivity index (χ4v) is 4.76. The molecule has 0 bridgehead atoms. The molecule has 0 radical (unpaired) electrons. The molecule has 7 heteroatoms. The lowest BCUT2D eigenvalue weighted by Gasteiger charge is -2.38. The monoisotopic (exact) mass is 586 g/mol. The largest absolute Gasteiger partial charge is 0.388 e. The quantitative estimate of drug-likeness (QED) is 0.136. The van der Waals surface area contributed by atoms with Gasteiger partial charge in [-0.05, 0) is 22.3 Å². The highest BCUT2D eigenvalue weighted by Gasteiger charge is 2.41. The lowest BCUT2D eigenvalue weighted by atomic mass is 10.0. The topological polar surface area (TPSA) is 75.6 Å². The minimum atomic E-state index is -1.05. The number of methoxy groups -OCH3 is 2. The molecule has 0 aliphatic carbocycles. The molecule has 228 valence electrons. The molecule has 7 nitrogen and oxygen atoms in total. The second kappa shape index (κ2) is 18.3. The summed E-state index contributed by atoms with van der Waals surface area (Å²) in [6, 6.07) is 39.3. The first-order valence-corrected chi connectivity index (χ1v) is 14.5. The highest BCUT2D eigenvalue weighted by atomic mass is 16.7. The van der Waals surface area contributed by atoms with Crippen molar-refractivity contribution in [3.8, 4) is 0 Å². The van der Waals surface area contributed by atoms with Gasteiger partial charge in [0, 0.05) is 14.2 Å². The van der Waals surface area contributed by atoms with Gasteiger partial charge in [-0.3, -0.25) is 0 Å². The lowest BCUT2D eigenvalue weighted by Crippen LogP contribution is -2.54. The predicted molar refractivity (Wildman–Crippen MR) is 165 cm³/mol. The van der Waals surface area contributed by atoms with Crippen molar-refractivity contribution in [3.05, 3.63) is 144 Å². The SMILES string of the molecule is COC(OC)[C@H](OCc1ccccc1)[C@@H](OCc1ccccc1)[C@@H](OCc1ccccc1)[C@@H](O)COCc1ccccc1. The van der Waals surface area contributed by atoms with Crippen LogP contribution < -0.4 is 0 Å². The average Bonchev–Trinajstić information content (AvgIpc) is 3.06.